The van der Waals surface area contributed by atoms with Gasteiger partial charge in [-0.2, -0.15) is 0 Å². The predicted molar refractivity (Wildman–Crippen MR) is 37.9 cm³/mol. The predicted octanol–water partition coefficient (Wildman–Crippen LogP) is 1.83. The third-order valence-electron chi connectivity index (χ3n) is 1.05. The van der Waals surface area contributed by atoms with Crippen LogP contribution in [0, 0.1) is 0 Å². The van der Waals surface area contributed by atoms with Crippen LogP contribution in [0.15, 0.2) is 18.6 Å². The first kappa shape index (κ1) is 6.08. The largest absolute Gasteiger partial charge is 0.345 e. The zero-order chi connectivity index (χ0) is 6.53. The average molecular weight is 122 g/mol. The Morgan fingerprint density at radius 2 is 2.67 bits per heavy atom. The number of H-pyrrole nitrogens is 1. The van der Waals surface area contributed by atoms with Crippen molar-refractivity contribution in [3.8, 4) is 0 Å². The molecule has 0 aliphatic rings. The molecule has 2 nitrogen and oxygen atoms in total. The molecule has 1 rings (SSSR count). The van der Waals surface area contributed by atoms with Gasteiger partial charge in [-0.3, -0.25) is 0 Å². The lowest BCUT2D eigenvalue weighted by Gasteiger charge is -1.79. The summed E-state index contributed by atoms with van der Waals surface area (Å²) in [7, 11) is 0. The zero-order valence-corrected chi connectivity index (χ0v) is 5.46. The lowest BCUT2D eigenvalue weighted by atomic mass is 10.3. The summed E-state index contributed by atoms with van der Waals surface area (Å²) in [6.45, 7) is 2.10. The summed E-state index contributed by atoms with van der Waals surface area (Å²) in [5.41, 5.74) is 1.07. The smallest absolute Gasteiger partial charge is 0.0924 e. The van der Waals surface area contributed by atoms with E-state index in [1.54, 1.807) is 12.5 Å². The summed E-state index contributed by atoms with van der Waals surface area (Å²) in [6, 6.07) is 0. The van der Waals surface area contributed by atoms with Gasteiger partial charge in [0.25, 0.3) is 0 Å². The van der Waals surface area contributed by atoms with Gasteiger partial charge in [-0.15, -0.1) is 0 Å². The molecular weight excluding hydrogens is 112 g/mol. The van der Waals surface area contributed by atoms with Crippen molar-refractivity contribution in [2.24, 2.45) is 0 Å². The minimum absolute atomic E-state index is 1.07. The van der Waals surface area contributed by atoms with E-state index in [1.165, 1.54) is 0 Å². The Morgan fingerprint density at radius 1 is 1.78 bits per heavy atom. The number of aromatic nitrogens is 2. The average Bonchev–Trinajstić information content (AvgIpc) is 2.34. The first-order valence-corrected chi connectivity index (χ1v) is 3.08. The number of hydrogen-bond donors (Lipinski definition) is 1. The minimum atomic E-state index is 1.07. The van der Waals surface area contributed by atoms with Crippen LogP contribution < -0.4 is 0 Å². The molecule has 1 aromatic heterocycles. The van der Waals surface area contributed by atoms with Crippen LogP contribution in [0.4, 0.5) is 0 Å². The summed E-state index contributed by atoms with van der Waals surface area (Å²) in [5, 5.41) is 0. The van der Waals surface area contributed by atoms with Crippen LogP contribution in [-0.4, -0.2) is 9.97 Å². The molecular formula is C7H10N2. The normalized spacial score (nSPS) is 10.8. The Bertz CT molecular complexity index is 175. The molecule has 0 radical (unpaired) electrons. The van der Waals surface area contributed by atoms with Crippen LogP contribution in [0.1, 0.15) is 19.0 Å². The maximum absolute atomic E-state index is 3.87. The number of rotatable bonds is 2. The van der Waals surface area contributed by atoms with Crippen molar-refractivity contribution in [1.29, 1.82) is 0 Å². The van der Waals surface area contributed by atoms with E-state index in [4.69, 9.17) is 0 Å². The fraction of sp³-hybridized carbons (Fsp3) is 0.286. The van der Waals surface area contributed by atoms with E-state index in [0.717, 1.165) is 12.1 Å². The maximum atomic E-state index is 3.87. The first-order chi connectivity index (χ1) is 4.43. The molecule has 0 bridgehead atoms. The van der Waals surface area contributed by atoms with Gasteiger partial charge in [0.15, 0.2) is 0 Å². The third-order valence-corrected chi connectivity index (χ3v) is 1.05. The van der Waals surface area contributed by atoms with Crippen LogP contribution in [0.25, 0.3) is 6.08 Å². The Hall–Kier alpha value is -1.05. The van der Waals surface area contributed by atoms with Gasteiger partial charge in [0.05, 0.1) is 18.2 Å². The molecule has 0 atom stereocenters. The van der Waals surface area contributed by atoms with E-state index >= 15 is 0 Å². The second-order valence-corrected chi connectivity index (χ2v) is 1.82. The molecule has 0 aliphatic carbocycles. The molecule has 9 heavy (non-hydrogen) atoms. The lowest BCUT2D eigenvalue weighted by Crippen LogP contribution is -1.65. The molecule has 48 valence electrons. The van der Waals surface area contributed by atoms with E-state index in [9.17, 15) is 0 Å². The fourth-order valence-corrected chi connectivity index (χ4v) is 0.603. The summed E-state index contributed by atoms with van der Waals surface area (Å²) in [6.07, 6.45) is 8.65. The Kier molecular flexibility index (Phi) is 2.07. The summed E-state index contributed by atoms with van der Waals surface area (Å²) in [5.74, 6) is 0. The molecule has 0 amide bonds. The van der Waals surface area contributed by atoms with Gasteiger partial charge < -0.3 is 4.98 Å². The molecule has 1 aromatic rings. The quantitative estimate of drug-likeness (QED) is 0.637. The van der Waals surface area contributed by atoms with Gasteiger partial charge in [0.1, 0.15) is 0 Å². The van der Waals surface area contributed by atoms with Crippen molar-refractivity contribution in [1.82, 2.24) is 9.97 Å². The van der Waals surface area contributed by atoms with Crippen LogP contribution in [0.5, 0.6) is 0 Å². The Labute approximate surface area is 54.6 Å². The van der Waals surface area contributed by atoms with E-state index in [2.05, 4.69) is 23.0 Å². The van der Waals surface area contributed by atoms with E-state index in [1.807, 2.05) is 6.08 Å². The highest BCUT2D eigenvalue weighted by Gasteiger charge is 1.81. The summed E-state index contributed by atoms with van der Waals surface area (Å²) >= 11 is 0. The van der Waals surface area contributed by atoms with Crippen molar-refractivity contribution in [3.63, 3.8) is 0 Å². The molecule has 1 heterocycles. The highest BCUT2D eigenvalue weighted by molar-refractivity contribution is 5.42. The number of nitrogens with zero attached hydrogens (tertiary/aromatic N) is 1. The van der Waals surface area contributed by atoms with Crippen molar-refractivity contribution < 1.29 is 0 Å². The van der Waals surface area contributed by atoms with Gasteiger partial charge >= 0.3 is 0 Å². The second kappa shape index (κ2) is 3.07. The van der Waals surface area contributed by atoms with Crippen LogP contribution >= 0.6 is 0 Å². The maximum Gasteiger partial charge on any atom is 0.0924 e. The van der Waals surface area contributed by atoms with Crippen LogP contribution in [0.3, 0.4) is 0 Å². The molecule has 0 spiro atoms. The topological polar surface area (TPSA) is 28.7 Å². The molecule has 0 aliphatic heterocycles. The highest BCUT2D eigenvalue weighted by Crippen LogP contribution is 1.94. The van der Waals surface area contributed by atoms with Crippen molar-refractivity contribution in [2.45, 2.75) is 13.3 Å². The Morgan fingerprint density at radius 3 is 3.22 bits per heavy atom. The minimum Gasteiger partial charge on any atom is -0.345 e. The molecule has 0 aromatic carbocycles. The first-order valence-electron chi connectivity index (χ1n) is 3.08. The summed E-state index contributed by atoms with van der Waals surface area (Å²) in [4.78, 5) is 6.84. The molecule has 0 unspecified atom stereocenters. The van der Waals surface area contributed by atoms with E-state index in [-0.39, 0.29) is 0 Å². The SMILES string of the molecule is CC/C=C\c1cnc[nH]1. The zero-order valence-electron chi connectivity index (χ0n) is 5.46. The fourth-order valence-electron chi connectivity index (χ4n) is 0.603. The van der Waals surface area contributed by atoms with Crippen molar-refractivity contribution in [2.75, 3.05) is 0 Å². The second-order valence-electron chi connectivity index (χ2n) is 1.82. The number of imidazole rings is 1. The lowest BCUT2D eigenvalue weighted by molar-refractivity contribution is 1.23. The summed E-state index contributed by atoms with van der Waals surface area (Å²) < 4.78 is 0. The number of hydrogen-bond acceptors (Lipinski definition) is 1. The highest BCUT2D eigenvalue weighted by atomic mass is 14.8. The Balaban J connectivity index is 2.57. The van der Waals surface area contributed by atoms with Crippen LogP contribution in [0.2, 0.25) is 0 Å². The number of nitrogens with one attached hydrogen (secondary N) is 1. The van der Waals surface area contributed by atoms with Gasteiger partial charge in [-0.05, 0) is 12.5 Å². The standard InChI is InChI=1S/C7H10N2/c1-2-3-4-7-5-8-6-9-7/h3-6H,2H2,1H3,(H,8,9)/b4-3-. The van der Waals surface area contributed by atoms with Crippen molar-refractivity contribution in [3.05, 3.63) is 24.3 Å². The van der Waals surface area contributed by atoms with Gasteiger partial charge in [-0.25, -0.2) is 4.98 Å². The van der Waals surface area contributed by atoms with Crippen LogP contribution in [-0.2, 0) is 0 Å². The van der Waals surface area contributed by atoms with Gasteiger partial charge in [0.2, 0.25) is 0 Å². The van der Waals surface area contributed by atoms with E-state index in [0.29, 0.717) is 0 Å². The number of aromatic amines is 1. The molecule has 2 heteroatoms. The van der Waals surface area contributed by atoms with Gasteiger partial charge in [0, 0.05) is 0 Å². The van der Waals surface area contributed by atoms with E-state index < -0.39 is 0 Å². The molecule has 0 saturated carbocycles. The monoisotopic (exact) mass is 122 g/mol. The van der Waals surface area contributed by atoms with Crippen molar-refractivity contribution >= 4 is 6.08 Å². The van der Waals surface area contributed by atoms with Gasteiger partial charge in [-0.1, -0.05) is 13.0 Å². The molecule has 1 N–H and O–H groups in total. The molecule has 0 saturated heterocycles. The number of allylic oxidation sites excluding steroid dienone is 1. The third kappa shape index (κ3) is 1.72. The molecule has 0 fully saturated rings.